The van der Waals surface area contributed by atoms with E-state index in [1.807, 2.05) is 6.92 Å². The Labute approximate surface area is 88.0 Å². The Morgan fingerprint density at radius 2 is 2.22 bits per heavy atom. The van der Waals surface area contributed by atoms with Crippen LogP contribution in [0.25, 0.3) is 0 Å². The van der Waals surface area contributed by atoms with Crippen molar-refractivity contribution in [1.29, 1.82) is 0 Å². The molecule has 0 aromatic heterocycles. The second kappa shape index (κ2) is 8.60. The van der Waals surface area contributed by atoms with Gasteiger partial charge in [0.05, 0.1) is 0 Å². The van der Waals surface area contributed by atoms with Gasteiger partial charge in [-0.1, -0.05) is 13.3 Å². The molecule has 0 atom stereocenters. The van der Waals surface area contributed by atoms with Crippen molar-refractivity contribution in [2.24, 2.45) is 0 Å². The van der Waals surface area contributed by atoms with Crippen LogP contribution in [0.5, 0.6) is 0 Å². The Hall–Kier alpha value is 0.600. The fraction of sp³-hybridized carbons (Fsp3) is 0.667. The molecule has 2 nitrogen and oxygen atoms in total. The van der Waals surface area contributed by atoms with E-state index < -0.39 is 0 Å². The molecule has 0 amide bonds. The van der Waals surface area contributed by atoms with Gasteiger partial charge in [0.25, 0.3) is 0 Å². The summed E-state index contributed by atoms with van der Waals surface area (Å²) < 4.78 is 0. The molecule has 0 saturated carbocycles. The van der Waals surface area contributed by atoms with E-state index in [1.165, 1.54) is 0 Å². The van der Waals surface area contributed by atoms with Crippen molar-refractivity contribution in [2.75, 3.05) is 0 Å². The molecule has 9 heavy (non-hydrogen) atoms. The summed E-state index contributed by atoms with van der Waals surface area (Å²) in [6.07, 6.45) is 2.60. The fourth-order valence-electron chi connectivity index (χ4n) is 0.410. The van der Waals surface area contributed by atoms with E-state index in [0.717, 1.165) is 12.8 Å². The predicted molar refractivity (Wildman–Crippen MR) is 38.6 cm³/mol. The van der Waals surface area contributed by atoms with Crippen molar-refractivity contribution in [2.45, 2.75) is 26.2 Å². The minimum absolute atomic E-state index is 0. The van der Waals surface area contributed by atoms with Crippen LogP contribution in [-0.4, -0.2) is 49.8 Å². The number of ketones is 1. The van der Waals surface area contributed by atoms with Crippen LogP contribution in [-0.2, 0) is 9.59 Å². The van der Waals surface area contributed by atoms with E-state index in [9.17, 15) is 9.59 Å². The summed E-state index contributed by atoms with van der Waals surface area (Å²) in [5.41, 5.74) is 0. The Balaban J connectivity index is -0.0000000817. The van der Waals surface area contributed by atoms with Gasteiger partial charge in [-0.25, -0.2) is 0 Å². The zero-order valence-electron chi connectivity index (χ0n) is 7.72. The molecule has 0 aliphatic carbocycles. The second-order valence-corrected chi connectivity index (χ2v) is 1.69. The Kier molecular flexibility index (Phi) is 11.7. The third-order valence-corrected chi connectivity index (χ3v) is 0.908. The molecule has 0 saturated heterocycles. The number of hydrogen-bond acceptors (Lipinski definition) is 2. The largest absolute Gasteiger partial charge is 2.00 e. The maximum absolute atomic E-state index is 10.2. The fourth-order valence-corrected chi connectivity index (χ4v) is 0.410. The van der Waals surface area contributed by atoms with Crippen LogP contribution in [0.15, 0.2) is 0 Å². The van der Waals surface area contributed by atoms with Crippen LogP contribution in [0.1, 0.15) is 29.0 Å². The zero-order chi connectivity index (χ0) is 6.41. The van der Waals surface area contributed by atoms with Crippen molar-refractivity contribution >= 4 is 49.8 Å². The van der Waals surface area contributed by atoms with Crippen molar-refractivity contribution in [3.8, 4) is 0 Å². The number of Topliss-reactive ketones (excluding diaryl/α,β-unsaturated/α-hetero) is 1. The van der Waals surface area contributed by atoms with E-state index in [-0.39, 0.29) is 46.4 Å². The number of rotatable bonds is 4. The zero-order valence-corrected chi connectivity index (χ0v) is 7.93. The average molecular weight is 156 g/mol. The normalized spacial score (nSPS) is 7.67. The number of hydrogen-bond donors (Lipinski definition) is 0. The van der Waals surface area contributed by atoms with Gasteiger partial charge in [-0.15, -0.1) is 0 Å². The molecule has 3 heteroatoms. The molecule has 0 spiro atoms. The maximum atomic E-state index is 10.2. The SMILES string of the molecule is CCCCC(=O)C=O.[Ca+2].[H-].[H-]. The van der Waals surface area contributed by atoms with E-state index in [4.69, 9.17) is 0 Å². The summed E-state index contributed by atoms with van der Waals surface area (Å²) >= 11 is 0. The quantitative estimate of drug-likeness (QED) is 0.342. The number of unbranched alkanes of at least 4 members (excludes halogenated alkanes) is 1. The van der Waals surface area contributed by atoms with Crippen LogP contribution < -0.4 is 0 Å². The van der Waals surface area contributed by atoms with Gasteiger partial charge in [0.15, 0.2) is 12.1 Å². The van der Waals surface area contributed by atoms with E-state index in [1.54, 1.807) is 0 Å². The molecule has 0 aliphatic rings. The number of aldehydes is 1. The second-order valence-electron chi connectivity index (χ2n) is 1.69. The van der Waals surface area contributed by atoms with Gasteiger partial charge in [-0.05, 0) is 6.42 Å². The Bertz CT molecular complexity index is 98.6. The first-order chi connectivity index (χ1) is 3.81. The number of carbonyl (C=O) groups is 2. The van der Waals surface area contributed by atoms with Crippen LogP contribution in [0.4, 0.5) is 0 Å². The minimum Gasteiger partial charge on any atom is -1.00 e. The molecule has 0 aromatic rings. The molecular formula is C6H12CaO2. The summed E-state index contributed by atoms with van der Waals surface area (Å²) in [6.45, 7) is 1.98. The molecule has 0 radical (unpaired) electrons. The smallest absolute Gasteiger partial charge is 1.00 e. The molecule has 50 valence electrons. The van der Waals surface area contributed by atoms with Gasteiger partial charge in [0.2, 0.25) is 0 Å². The van der Waals surface area contributed by atoms with Crippen LogP contribution in [0.2, 0.25) is 0 Å². The maximum Gasteiger partial charge on any atom is 2.00 e. The van der Waals surface area contributed by atoms with E-state index >= 15 is 0 Å². The molecule has 0 rings (SSSR count). The summed E-state index contributed by atoms with van der Waals surface area (Å²) in [6, 6.07) is 0. The molecule has 0 unspecified atom stereocenters. The third kappa shape index (κ3) is 8.60. The molecule has 0 heterocycles. The first-order valence-electron chi connectivity index (χ1n) is 2.79. The van der Waals surface area contributed by atoms with Gasteiger partial charge in [-0.3, -0.25) is 9.59 Å². The van der Waals surface area contributed by atoms with Gasteiger partial charge < -0.3 is 2.85 Å². The van der Waals surface area contributed by atoms with Crippen molar-refractivity contribution in [3.63, 3.8) is 0 Å². The van der Waals surface area contributed by atoms with Gasteiger partial charge in [0.1, 0.15) is 0 Å². The number of carbonyl (C=O) groups excluding carboxylic acids is 2. The Morgan fingerprint density at radius 3 is 2.56 bits per heavy atom. The summed E-state index contributed by atoms with van der Waals surface area (Å²) in [4.78, 5) is 19.9. The standard InChI is InChI=1S/C6H10O2.Ca.2H/c1-2-3-4-6(8)5-7;;;/h5H,2-4H2,1H3;;;/q;+2;2*-1. The van der Waals surface area contributed by atoms with Gasteiger partial charge in [0, 0.05) is 6.42 Å². The summed E-state index contributed by atoms with van der Waals surface area (Å²) in [5, 5.41) is 0. The van der Waals surface area contributed by atoms with Crippen LogP contribution >= 0.6 is 0 Å². The summed E-state index contributed by atoms with van der Waals surface area (Å²) in [5.74, 6) is -0.285. The molecule has 0 fully saturated rings. The van der Waals surface area contributed by atoms with E-state index in [2.05, 4.69) is 0 Å². The minimum atomic E-state index is -0.285. The average Bonchev–Trinajstić information content (AvgIpc) is 1.83. The molecule has 0 aromatic carbocycles. The third-order valence-electron chi connectivity index (χ3n) is 0.908. The monoisotopic (exact) mass is 156 g/mol. The van der Waals surface area contributed by atoms with Crippen LogP contribution in [0.3, 0.4) is 0 Å². The first-order valence-corrected chi connectivity index (χ1v) is 2.79. The molecular weight excluding hydrogens is 144 g/mol. The van der Waals surface area contributed by atoms with Crippen molar-refractivity contribution < 1.29 is 12.4 Å². The Morgan fingerprint density at radius 1 is 1.67 bits per heavy atom. The van der Waals surface area contributed by atoms with Gasteiger partial charge >= 0.3 is 37.7 Å². The summed E-state index contributed by atoms with van der Waals surface area (Å²) in [7, 11) is 0. The first kappa shape index (κ1) is 12.3. The molecule has 0 N–H and O–H groups in total. The molecule has 0 aliphatic heterocycles. The molecule has 0 bridgehead atoms. The topological polar surface area (TPSA) is 34.1 Å². The van der Waals surface area contributed by atoms with Crippen molar-refractivity contribution in [1.82, 2.24) is 0 Å². The van der Waals surface area contributed by atoms with Crippen LogP contribution in [0, 0.1) is 0 Å². The van der Waals surface area contributed by atoms with E-state index in [0.29, 0.717) is 12.7 Å². The van der Waals surface area contributed by atoms with Gasteiger partial charge in [-0.2, -0.15) is 0 Å². The predicted octanol–water partition coefficient (Wildman–Crippen LogP) is 0.789. The van der Waals surface area contributed by atoms with Crippen molar-refractivity contribution in [3.05, 3.63) is 0 Å².